The van der Waals surface area contributed by atoms with Crippen molar-refractivity contribution < 1.29 is 19.4 Å². The first kappa shape index (κ1) is 17.4. The van der Waals surface area contributed by atoms with Crippen molar-refractivity contribution in [2.45, 2.75) is 26.0 Å². The Hall–Kier alpha value is -2.45. The van der Waals surface area contributed by atoms with E-state index in [9.17, 15) is 9.59 Å². The summed E-state index contributed by atoms with van der Waals surface area (Å²) in [6.45, 7) is 2.74. The zero-order chi connectivity index (χ0) is 17.8. The van der Waals surface area contributed by atoms with E-state index in [0.717, 1.165) is 16.6 Å². The Kier molecular flexibility index (Phi) is 5.30. The molecular formula is C17H22N4O4. The molecule has 8 heteroatoms. The highest BCUT2D eigenvalue weighted by atomic mass is 16.5. The van der Waals surface area contributed by atoms with Crippen molar-refractivity contribution in [1.82, 2.24) is 20.2 Å². The highest BCUT2D eigenvalue weighted by Gasteiger charge is 2.32. The smallest absolute Gasteiger partial charge is 0.249 e. The molecule has 25 heavy (non-hydrogen) atoms. The summed E-state index contributed by atoms with van der Waals surface area (Å²) in [5.74, 6) is 0.151. The summed E-state index contributed by atoms with van der Waals surface area (Å²) in [7, 11) is 0. The molecule has 2 heterocycles. The van der Waals surface area contributed by atoms with Crippen LogP contribution in [-0.4, -0.2) is 64.1 Å². The lowest BCUT2D eigenvalue weighted by Gasteiger charge is -2.34. The molecule has 2 aromatic rings. The molecule has 8 nitrogen and oxygen atoms in total. The third-order valence-electron chi connectivity index (χ3n) is 4.20. The van der Waals surface area contributed by atoms with E-state index in [-0.39, 0.29) is 38.1 Å². The van der Waals surface area contributed by atoms with Crippen molar-refractivity contribution in [1.29, 1.82) is 0 Å². The van der Waals surface area contributed by atoms with Gasteiger partial charge in [-0.05, 0) is 31.0 Å². The Labute approximate surface area is 145 Å². The molecule has 0 radical (unpaired) electrons. The quantitative estimate of drug-likeness (QED) is 0.687. The third-order valence-corrected chi connectivity index (χ3v) is 4.20. The molecule has 134 valence electrons. The zero-order valence-electron chi connectivity index (χ0n) is 14.1. The molecule has 2 amide bonds. The van der Waals surface area contributed by atoms with Gasteiger partial charge in [0.15, 0.2) is 0 Å². The molecule has 1 aliphatic heterocycles. The topological polar surface area (TPSA) is 108 Å². The average Bonchev–Trinajstić information content (AvgIpc) is 2.98. The number of aromatic nitrogens is 2. The highest BCUT2D eigenvalue weighted by molar-refractivity contribution is 5.89. The number of hydrogen-bond acceptors (Lipinski definition) is 5. The highest BCUT2D eigenvalue weighted by Crippen LogP contribution is 2.14. The predicted molar refractivity (Wildman–Crippen MR) is 90.7 cm³/mol. The van der Waals surface area contributed by atoms with Gasteiger partial charge in [0, 0.05) is 19.7 Å². The molecule has 0 unspecified atom stereocenters. The van der Waals surface area contributed by atoms with Gasteiger partial charge in [-0.15, -0.1) is 0 Å². The SMILES string of the molecule is Cc1ccc2nc(COCC(=O)N3CCNC(=O)[C@@H]3CCO)[nH]c2c1. The minimum atomic E-state index is -0.635. The second-order valence-corrected chi connectivity index (χ2v) is 6.10. The number of aliphatic hydroxyl groups excluding tert-OH is 1. The molecule has 0 bridgehead atoms. The number of piperazine rings is 1. The summed E-state index contributed by atoms with van der Waals surface area (Å²) in [5, 5.41) is 11.8. The summed E-state index contributed by atoms with van der Waals surface area (Å²) in [6.07, 6.45) is 0.223. The van der Waals surface area contributed by atoms with Crippen LogP contribution >= 0.6 is 0 Å². The number of aryl methyl sites for hydroxylation is 1. The molecular weight excluding hydrogens is 324 g/mol. The largest absolute Gasteiger partial charge is 0.396 e. The summed E-state index contributed by atoms with van der Waals surface area (Å²) in [5.41, 5.74) is 2.92. The molecule has 0 saturated carbocycles. The number of benzene rings is 1. The Morgan fingerprint density at radius 3 is 3.12 bits per heavy atom. The number of H-pyrrole nitrogens is 1. The van der Waals surface area contributed by atoms with E-state index < -0.39 is 6.04 Å². The Balaban J connectivity index is 1.56. The number of rotatable bonds is 6. The summed E-state index contributed by atoms with van der Waals surface area (Å²) >= 11 is 0. The maximum absolute atomic E-state index is 12.3. The van der Waals surface area contributed by atoms with Crippen LogP contribution in [0.1, 0.15) is 17.8 Å². The fourth-order valence-corrected chi connectivity index (χ4v) is 2.99. The second kappa shape index (κ2) is 7.62. The van der Waals surface area contributed by atoms with Gasteiger partial charge in [-0.25, -0.2) is 4.98 Å². The number of ether oxygens (including phenoxy) is 1. The van der Waals surface area contributed by atoms with Crippen molar-refractivity contribution in [3.63, 3.8) is 0 Å². The van der Waals surface area contributed by atoms with Gasteiger partial charge in [-0.1, -0.05) is 6.07 Å². The molecule has 1 aromatic heterocycles. The normalized spacial score (nSPS) is 17.8. The Morgan fingerprint density at radius 1 is 1.48 bits per heavy atom. The van der Waals surface area contributed by atoms with E-state index in [1.165, 1.54) is 4.90 Å². The first-order valence-electron chi connectivity index (χ1n) is 8.29. The lowest BCUT2D eigenvalue weighted by molar-refractivity contribution is -0.147. The maximum Gasteiger partial charge on any atom is 0.249 e. The molecule has 3 rings (SSSR count). The summed E-state index contributed by atoms with van der Waals surface area (Å²) < 4.78 is 5.48. The van der Waals surface area contributed by atoms with Gasteiger partial charge in [0.2, 0.25) is 11.8 Å². The molecule has 0 spiro atoms. The number of aromatic amines is 1. The fraction of sp³-hybridized carbons (Fsp3) is 0.471. The minimum Gasteiger partial charge on any atom is -0.396 e. The summed E-state index contributed by atoms with van der Waals surface area (Å²) in [4.78, 5) is 33.2. The van der Waals surface area contributed by atoms with Gasteiger partial charge >= 0.3 is 0 Å². The molecule has 1 aliphatic rings. The van der Waals surface area contributed by atoms with Crippen molar-refractivity contribution in [3.05, 3.63) is 29.6 Å². The molecule has 1 fully saturated rings. The van der Waals surface area contributed by atoms with Crippen LogP contribution in [0.4, 0.5) is 0 Å². The number of aliphatic hydroxyl groups is 1. The number of carbonyl (C=O) groups is 2. The van der Waals surface area contributed by atoms with Crippen molar-refractivity contribution >= 4 is 22.8 Å². The van der Waals surface area contributed by atoms with Crippen LogP contribution in [0.15, 0.2) is 18.2 Å². The summed E-state index contributed by atoms with van der Waals surface area (Å²) in [6, 6.07) is 5.29. The number of carbonyl (C=O) groups excluding carboxylic acids is 2. The monoisotopic (exact) mass is 346 g/mol. The Morgan fingerprint density at radius 2 is 2.32 bits per heavy atom. The Bertz CT molecular complexity index is 773. The zero-order valence-corrected chi connectivity index (χ0v) is 14.1. The number of hydrogen-bond donors (Lipinski definition) is 3. The number of nitrogens with one attached hydrogen (secondary N) is 2. The lowest BCUT2D eigenvalue weighted by atomic mass is 10.1. The van der Waals surface area contributed by atoms with E-state index in [1.54, 1.807) is 0 Å². The first-order valence-corrected chi connectivity index (χ1v) is 8.29. The van der Waals surface area contributed by atoms with E-state index in [0.29, 0.717) is 18.9 Å². The van der Waals surface area contributed by atoms with Gasteiger partial charge in [-0.2, -0.15) is 0 Å². The van der Waals surface area contributed by atoms with Gasteiger partial charge in [0.1, 0.15) is 25.1 Å². The number of amides is 2. The van der Waals surface area contributed by atoms with Crippen LogP contribution in [0.5, 0.6) is 0 Å². The van der Waals surface area contributed by atoms with Gasteiger partial charge in [0.25, 0.3) is 0 Å². The average molecular weight is 346 g/mol. The predicted octanol–water partition coefficient (Wildman–Crippen LogP) is 0.0973. The van der Waals surface area contributed by atoms with E-state index in [2.05, 4.69) is 15.3 Å². The molecule has 1 aromatic carbocycles. The fourth-order valence-electron chi connectivity index (χ4n) is 2.99. The van der Waals surface area contributed by atoms with Crippen molar-refractivity contribution in [2.24, 2.45) is 0 Å². The van der Waals surface area contributed by atoms with Crippen LogP contribution in [-0.2, 0) is 20.9 Å². The van der Waals surface area contributed by atoms with Gasteiger partial charge in [-0.3, -0.25) is 9.59 Å². The van der Waals surface area contributed by atoms with Gasteiger partial charge < -0.3 is 25.0 Å². The minimum absolute atomic E-state index is 0.134. The maximum atomic E-state index is 12.3. The number of nitrogens with zero attached hydrogens (tertiary/aromatic N) is 2. The molecule has 0 aliphatic carbocycles. The van der Waals surface area contributed by atoms with Crippen molar-refractivity contribution in [2.75, 3.05) is 26.3 Å². The molecule has 1 atom stereocenters. The third kappa shape index (κ3) is 3.97. The van der Waals surface area contributed by atoms with E-state index in [1.807, 2.05) is 25.1 Å². The number of imidazole rings is 1. The van der Waals surface area contributed by atoms with E-state index in [4.69, 9.17) is 9.84 Å². The number of fused-ring (bicyclic) bond motifs is 1. The molecule has 3 N–H and O–H groups in total. The van der Waals surface area contributed by atoms with Crippen LogP contribution in [0.25, 0.3) is 11.0 Å². The van der Waals surface area contributed by atoms with Crippen LogP contribution < -0.4 is 5.32 Å². The van der Waals surface area contributed by atoms with Crippen LogP contribution in [0.3, 0.4) is 0 Å². The van der Waals surface area contributed by atoms with E-state index >= 15 is 0 Å². The second-order valence-electron chi connectivity index (χ2n) is 6.10. The van der Waals surface area contributed by atoms with Crippen LogP contribution in [0.2, 0.25) is 0 Å². The van der Waals surface area contributed by atoms with Crippen LogP contribution in [0, 0.1) is 6.92 Å². The first-order chi connectivity index (χ1) is 12.1. The lowest BCUT2D eigenvalue weighted by Crippen LogP contribution is -2.58. The van der Waals surface area contributed by atoms with Crippen molar-refractivity contribution in [3.8, 4) is 0 Å². The molecule has 1 saturated heterocycles. The van der Waals surface area contributed by atoms with Gasteiger partial charge in [0.05, 0.1) is 11.0 Å². The standard InChI is InChI=1S/C17H22N4O4/c1-11-2-3-12-13(8-11)20-15(19-12)9-25-10-16(23)21-6-5-18-17(24)14(21)4-7-22/h2-3,8,14,22H,4-7,9-10H2,1H3,(H,18,24)(H,19,20)/t14-/m0/s1.